The zero-order valence-corrected chi connectivity index (χ0v) is 12.3. The lowest BCUT2D eigenvalue weighted by Gasteiger charge is -2.36. The number of rotatable bonds is 7. The quantitative estimate of drug-likeness (QED) is 0.735. The second kappa shape index (κ2) is 8.10. The van der Waals surface area contributed by atoms with Gasteiger partial charge in [0, 0.05) is 12.6 Å². The third-order valence-corrected chi connectivity index (χ3v) is 4.32. The molecule has 17 heavy (non-hydrogen) atoms. The average molecular weight is 240 g/mol. The normalized spacial score (nSPS) is 22.6. The van der Waals surface area contributed by atoms with Gasteiger partial charge in [0.15, 0.2) is 0 Å². The topological polar surface area (TPSA) is 15.3 Å². The molecule has 0 spiro atoms. The largest absolute Gasteiger partial charge is 0.314 e. The second-order valence-electron chi connectivity index (χ2n) is 5.89. The van der Waals surface area contributed by atoms with E-state index in [1.54, 1.807) is 0 Å². The van der Waals surface area contributed by atoms with Gasteiger partial charge >= 0.3 is 0 Å². The summed E-state index contributed by atoms with van der Waals surface area (Å²) < 4.78 is 0. The molecule has 1 rings (SSSR count). The molecule has 0 bridgehead atoms. The first-order valence-electron chi connectivity index (χ1n) is 7.63. The number of piperidine rings is 1. The first-order chi connectivity index (χ1) is 8.17. The van der Waals surface area contributed by atoms with Crippen molar-refractivity contribution >= 4 is 0 Å². The van der Waals surface area contributed by atoms with E-state index in [4.69, 9.17) is 0 Å². The Kier molecular flexibility index (Phi) is 7.14. The predicted molar refractivity (Wildman–Crippen MR) is 76.4 cm³/mol. The van der Waals surface area contributed by atoms with Gasteiger partial charge in [0.2, 0.25) is 0 Å². The fraction of sp³-hybridized carbons (Fsp3) is 1.00. The van der Waals surface area contributed by atoms with Gasteiger partial charge in [-0.3, -0.25) is 0 Å². The Morgan fingerprint density at radius 1 is 1.18 bits per heavy atom. The minimum absolute atomic E-state index is 0.709. The lowest BCUT2D eigenvalue weighted by molar-refractivity contribution is 0.145. The summed E-state index contributed by atoms with van der Waals surface area (Å²) in [6.45, 7) is 14.4. The van der Waals surface area contributed by atoms with E-state index in [-0.39, 0.29) is 0 Å². The summed E-state index contributed by atoms with van der Waals surface area (Å²) in [6.07, 6.45) is 5.33. The van der Waals surface area contributed by atoms with Gasteiger partial charge < -0.3 is 10.2 Å². The third kappa shape index (κ3) is 5.39. The maximum atomic E-state index is 3.65. The van der Waals surface area contributed by atoms with Crippen LogP contribution in [-0.2, 0) is 0 Å². The molecule has 0 aliphatic carbocycles. The molecule has 2 nitrogen and oxygen atoms in total. The molecule has 2 heteroatoms. The van der Waals surface area contributed by atoms with Crippen LogP contribution >= 0.6 is 0 Å². The predicted octanol–water partition coefficient (Wildman–Crippen LogP) is 3.13. The molecular weight excluding hydrogens is 208 g/mol. The highest BCUT2D eigenvalue weighted by Gasteiger charge is 2.23. The van der Waals surface area contributed by atoms with Crippen molar-refractivity contribution in [2.24, 2.45) is 11.8 Å². The third-order valence-electron chi connectivity index (χ3n) is 4.32. The Labute approximate surface area is 108 Å². The van der Waals surface area contributed by atoms with E-state index in [9.17, 15) is 0 Å². The molecular formula is C15H32N2. The van der Waals surface area contributed by atoms with Gasteiger partial charge in [-0.1, -0.05) is 27.2 Å². The fourth-order valence-corrected chi connectivity index (χ4v) is 2.74. The van der Waals surface area contributed by atoms with Crippen LogP contribution in [0, 0.1) is 11.8 Å². The highest BCUT2D eigenvalue weighted by molar-refractivity contribution is 4.79. The summed E-state index contributed by atoms with van der Waals surface area (Å²) in [5.74, 6) is 1.76. The molecule has 2 unspecified atom stereocenters. The fourth-order valence-electron chi connectivity index (χ4n) is 2.74. The molecule has 102 valence electrons. The number of hydrogen-bond acceptors (Lipinski definition) is 2. The van der Waals surface area contributed by atoms with Gasteiger partial charge in [0.1, 0.15) is 0 Å². The van der Waals surface area contributed by atoms with Crippen LogP contribution in [0.15, 0.2) is 0 Å². The molecule has 0 amide bonds. The van der Waals surface area contributed by atoms with Gasteiger partial charge in [0.05, 0.1) is 0 Å². The van der Waals surface area contributed by atoms with Crippen molar-refractivity contribution in [3.63, 3.8) is 0 Å². The lowest BCUT2D eigenvalue weighted by atomic mass is 9.90. The van der Waals surface area contributed by atoms with E-state index in [0.717, 1.165) is 11.8 Å². The Balaban J connectivity index is 2.20. The van der Waals surface area contributed by atoms with Gasteiger partial charge in [-0.05, 0) is 57.7 Å². The molecule has 1 saturated heterocycles. The van der Waals surface area contributed by atoms with E-state index in [1.807, 2.05) is 0 Å². The monoisotopic (exact) mass is 240 g/mol. The van der Waals surface area contributed by atoms with Crippen molar-refractivity contribution in [1.29, 1.82) is 0 Å². The van der Waals surface area contributed by atoms with Crippen LogP contribution in [0.3, 0.4) is 0 Å². The summed E-state index contributed by atoms with van der Waals surface area (Å²) in [6, 6.07) is 0.709. The van der Waals surface area contributed by atoms with Crippen molar-refractivity contribution in [2.75, 3.05) is 26.2 Å². The van der Waals surface area contributed by atoms with E-state index in [0.29, 0.717) is 6.04 Å². The molecule has 2 atom stereocenters. The Morgan fingerprint density at radius 2 is 1.82 bits per heavy atom. The zero-order valence-electron chi connectivity index (χ0n) is 12.3. The molecule has 0 saturated carbocycles. The molecule has 0 aromatic heterocycles. The molecule has 1 fully saturated rings. The minimum Gasteiger partial charge on any atom is -0.314 e. The van der Waals surface area contributed by atoms with Crippen LogP contribution in [0.5, 0.6) is 0 Å². The van der Waals surface area contributed by atoms with Gasteiger partial charge in [-0.25, -0.2) is 0 Å². The molecule has 1 aliphatic rings. The first-order valence-corrected chi connectivity index (χ1v) is 7.63. The average Bonchev–Trinajstić information content (AvgIpc) is 2.36. The highest BCUT2D eigenvalue weighted by Crippen LogP contribution is 2.21. The van der Waals surface area contributed by atoms with Crippen molar-refractivity contribution in [3.8, 4) is 0 Å². The summed E-state index contributed by atoms with van der Waals surface area (Å²) in [4.78, 5) is 2.66. The van der Waals surface area contributed by atoms with Crippen molar-refractivity contribution < 1.29 is 0 Å². The summed E-state index contributed by atoms with van der Waals surface area (Å²) in [5, 5.41) is 3.65. The number of likely N-dealkylation sites (tertiary alicyclic amines) is 1. The maximum Gasteiger partial charge on any atom is 0.00679 e. The summed E-state index contributed by atoms with van der Waals surface area (Å²) >= 11 is 0. The van der Waals surface area contributed by atoms with Crippen LogP contribution in [0.4, 0.5) is 0 Å². The van der Waals surface area contributed by atoms with Crippen LogP contribution in [0.2, 0.25) is 0 Å². The molecule has 1 aliphatic heterocycles. The molecule has 0 aromatic rings. The Morgan fingerprint density at radius 3 is 2.35 bits per heavy atom. The Hall–Kier alpha value is -0.0800. The molecule has 1 heterocycles. The van der Waals surface area contributed by atoms with E-state index in [1.165, 1.54) is 51.9 Å². The van der Waals surface area contributed by atoms with Crippen molar-refractivity contribution in [3.05, 3.63) is 0 Å². The smallest absolute Gasteiger partial charge is 0.00679 e. The number of nitrogens with one attached hydrogen (secondary N) is 1. The van der Waals surface area contributed by atoms with Crippen LogP contribution < -0.4 is 5.32 Å². The van der Waals surface area contributed by atoms with Crippen molar-refractivity contribution in [1.82, 2.24) is 10.2 Å². The summed E-state index contributed by atoms with van der Waals surface area (Å²) in [7, 11) is 0. The van der Waals surface area contributed by atoms with Gasteiger partial charge in [-0.15, -0.1) is 0 Å². The first kappa shape index (κ1) is 15.0. The van der Waals surface area contributed by atoms with Crippen LogP contribution in [0.25, 0.3) is 0 Å². The molecule has 1 N–H and O–H groups in total. The molecule has 0 aromatic carbocycles. The standard InChI is InChI=1S/C15H32N2/c1-5-9-16-14(4)15-7-10-17(11-8-15)12-13(3)6-2/h13-16H,5-12H2,1-4H3. The number of nitrogens with zero attached hydrogens (tertiary/aromatic N) is 1. The maximum absolute atomic E-state index is 3.65. The zero-order chi connectivity index (χ0) is 12.7. The second-order valence-corrected chi connectivity index (χ2v) is 5.89. The van der Waals surface area contributed by atoms with E-state index >= 15 is 0 Å². The van der Waals surface area contributed by atoms with Gasteiger partial charge in [-0.2, -0.15) is 0 Å². The minimum atomic E-state index is 0.709. The SMILES string of the molecule is CCCNC(C)C1CCN(CC(C)CC)CC1. The highest BCUT2D eigenvalue weighted by atomic mass is 15.1. The molecule has 0 radical (unpaired) electrons. The van der Waals surface area contributed by atoms with Crippen molar-refractivity contribution in [2.45, 2.75) is 59.4 Å². The summed E-state index contributed by atoms with van der Waals surface area (Å²) in [5.41, 5.74) is 0. The number of hydrogen-bond donors (Lipinski definition) is 1. The van der Waals surface area contributed by atoms with Crippen LogP contribution in [0.1, 0.15) is 53.4 Å². The van der Waals surface area contributed by atoms with E-state index in [2.05, 4.69) is 37.9 Å². The van der Waals surface area contributed by atoms with Gasteiger partial charge in [0.25, 0.3) is 0 Å². The lowest BCUT2D eigenvalue weighted by Crippen LogP contribution is -2.43. The Bertz CT molecular complexity index is 185. The van der Waals surface area contributed by atoms with E-state index < -0.39 is 0 Å². The van der Waals surface area contributed by atoms with Crippen LogP contribution in [-0.4, -0.2) is 37.1 Å².